The van der Waals surface area contributed by atoms with Crippen LogP contribution in [-0.4, -0.2) is 0 Å². The van der Waals surface area contributed by atoms with Crippen LogP contribution >= 0.6 is 0 Å². The quantitative estimate of drug-likeness (QED) is 0.145. The lowest BCUT2D eigenvalue weighted by Crippen LogP contribution is -2.12. The fourth-order valence-electron chi connectivity index (χ4n) is 8.27. The van der Waals surface area contributed by atoms with Crippen LogP contribution in [0.25, 0.3) is 54.9 Å². The summed E-state index contributed by atoms with van der Waals surface area (Å²) in [5.41, 5.74) is 13.6. The van der Waals surface area contributed by atoms with E-state index >= 15 is 0 Å². The molecule has 10 aromatic carbocycles. The first-order chi connectivity index (χ1) is 28.8. The fraction of sp³-hybridized carbons (Fsp3) is 0. The molecule has 10 rings (SSSR count). The second kappa shape index (κ2) is 15.5. The van der Waals surface area contributed by atoms with E-state index in [4.69, 9.17) is 0 Å². The van der Waals surface area contributed by atoms with Gasteiger partial charge in [0.2, 0.25) is 0 Å². The fourth-order valence-corrected chi connectivity index (χ4v) is 8.27. The van der Waals surface area contributed by atoms with Crippen LogP contribution in [0.3, 0.4) is 0 Å². The van der Waals surface area contributed by atoms with Gasteiger partial charge in [-0.2, -0.15) is 0 Å². The van der Waals surface area contributed by atoms with Gasteiger partial charge in [-0.05, 0) is 116 Å². The number of rotatable bonds is 9. The van der Waals surface area contributed by atoms with Gasteiger partial charge in [0.05, 0.1) is 5.69 Å². The molecular weight excluding hydrogens is 701 g/mol. The zero-order valence-corrected chi connectivity index (χ0v) is 32.0. The van der Waals surface area contributed by atoms with E-state index in [1.54, 1.807) is 0 Å². The normalized spacial score (nSPS) is 11.1. The predicted molar refractivity (Wildman–Crippen MR) is 247 cm³/mol. The van der Waals surface area contributed by atoms with E-state index in [0.29, 0.717) is 0 Å². The highest BCUT2D eigenvalue weighted by atomic mass is 15.1. The Morgan fingerprint density at radius 1 is 0.224 bits per heavy atom. The summed E-state index contributed by atoms with van der Waals surface area (Å²) in [6.45, 7) is 0. The van der Waals surface area contributed by atoms with Crippen LogP contribution in [0.4, 0.5) is 34.1 Å². The Hall–Kier alpha value is -7.68. The van der Waals surface area contributed by atoms with Crippen molar-refractivity contribution in [3.8, 4) is 33.4 Å². The van der Waals surface area contributed by atoms with Crippen LogP contribution in [0.1, 0.15) is 0 Å². The van der Waals surface area contributed by atoms with Crippen molar-refractivity contribution in [1.82, 2.24) is 0 Å². The van der Waals surface area contributed by atoms with Gasteiger partial charge in [-0.1, -0.05) is 176 Å². The average molecular weight is 741 g/mol. The molecule has 0 saturated heterocycles. The molecule has 274 valence electrons. The number of anilines is 6. The minimum absolute atomic E-state index is 1.10. The lowest BCUT2D eigenvalue weighted by Gasteiger charge is -2.30. The van der Waals surface area contributed by atoms with Gasteiger partial charge in [0.15, 0.2) is 0 Å². The second-order valence-corrected chi connectivity index (χ2v) is 14.6. The molecule has 0 unspecified atom stereocenters. The molecule has 0 aliphatic heterocycles. The molecule has 10 aromatic rings. The molecule has 0 spiro atoms. The molecular formula is C56H40N2. The highest BCUT2D eigenvalue weighted by Gasteiger charge is 2.24. The number of benzene rings is 10. The molecule has 0 aliphatic rings. The molecule has 0 atom stereocenters. The second-order valence-electron chi connectivity index (χ2n) is 14.6. The largest absolute Gasteiger partial charge is 0.310 e. The van der Waals surface area contributed by atoms with Crippen molar-refractivity contribution in [2.75, 3.05) is 9.80 Å². The highest BCUT2D eigenvalue weighted by Crippen LogP contribution is 2.49. The molecule has 58 heavy (non-hydrogen) atoms. The number of nitrogens with zero attached hydrogens (tertiary/aromatic N) is 2. The molecule has 0 bridgehead atoms. The van der Waals surface area contributed by atoms with Crippen molar-refractivity contribution in [2.24, 2.45) is 0 Å². The summed E-state index contributed by atoms with van der Waals surface area (Å²) in [5.74, 6) is 0. The maximum atomic E-state index is 2.41. The maximum absolute atomic E-state index is 2.41. The van der Waals surface area contributed by atoms with Gasteiger partial charge in [-0.3, -0.25) is 0 Å². The third kappa shape index (κ3) is 6.67. The van der Waals surface area contributed by atoms with Crippen LogP contribution in [0.15, 0.2) is 243 Å². The number of fused-ring (bicyclic) bond motifs is 2. The first-order valence-electron chi connectivity index (χ1n) is 19.8. The Labute approximate surface area is 340 Å². The van der Waals surface area contributed by atoms with E-state index in [9.17, 15) is 0 Å². The van der Waals surface area contributed by atoms with Crippen molar-refractivity contribution < 1.29 is 0 Å². The molecule has 2 heteroatoms. The van der Waals surface area contributed by atoms with E-state index in [-0.39, 0.29) is 0 Å². The van der Waals surface area contributed by atoms with Crippen molar-refractivity contribution >= 4 is 55.7 Å². The summed E-state index contributed by atoms with van der Waals surface area (Å²) >= 11 is 0. The maximum Gasteiger partial charge on any atom is 0.0546 e. The van der Waals surface area contributed by atoms with Gasteiger partial charge in [-0.25, -0.2) is 0 Å². The average Bonchev–Trinajstić information content (AvgIpc) is 3.30. The summed E-state index contributed by atoms with van der Waals surface area (Å²) in [6, 6.07) is 87.4. The van der Waals surface area contributed by atoms with Crippen LogP contribution in [0.5, 0.6) is 0 Å². The summed E-state index contributed by atoms with van der Waals surface area (Å²) in [7, 11) is 0. The Morgan fingerprint density at radius 3 is 1.16 bits per heavy atom. The van der Waals surface area contributed by atoms with Gasteiger partial charge >= 0.3 is 0 Å². The van der Waals surface area contributed by atoms with Gasteiger partial charge in [0, 0.05) is 34.0 Å². The predicted octanol–water partition coefficient (Wildman–Crippen LogP) is 15.9. The number of hydrogen-bond donors (Lipinski definition) is 0. The lowest BCUT2D eigenvalue weighted by atomic mass is 9.86. The Bertz CT molecular complexity index is 2980. The summed E-state index contributed by atoms with van der Waals surface area (Å²) in [6.07, 6.45) is 0. The van der Waals surface area contributed by atoms with E-state index in [2.05, 4.69) is 252 Å². The van der Waals surface area contributed by atoms with Crippen molar-refractivity contribution in [3.05, 3.63) is 243 Å². The lowest BCUT2D eigenvalue weighted by molar-refractivity contribution is 1.28. The number of hydrogen-bond acceptors (Lipinski definition) is 2. The van der Waals surface area contributed by atoms with E-state index in [1.165, 1.54) is 38.2 Å². The van der Waals surface area contributed by atoms with E-state index in [0.717, 1.165) is 50.8 Å². The molecule has 0 heterocycles. The SMILES string of the molecule is c1ccc(-c2c(-c3ccc(N(c4ccccc4)c4ccc5ccccc5c4)cc3)ccc(N(c3ccccc3)c3ccc4ccccc4c3)c2-c2ccccc2)cc1. The van der Waals surface area contributed by atoms with Gasteiger partial charge in [0.25, 0.3) is 0 Å². The standard InChI is InChI=1S/C56H40N2/c1-5-19-44(20-6-1)55-53(43-31-33-50(34-32-43)57(48-25-9-3-10-26-48)51-35-29-41-17-13-15-23-46(41)39-51)37-38-54(56(55)45-21-7-2-8-22-45)58(49-27-11-4-12-28-49)52-36-30-42-18-14-16-24-47(42)40-52/h1-40H. The molecule has 0 saturated carbocycles. The molecule has 0 radical (unpaired) electrons. The summed E-state index contributed by atoms with van der Waals surface area (Å²) in [5, 5.41) is 4.87. The van der Waals surface area contributed by atoms with E-state index in [1.807, 2.05) is 0 Å². The number of para-hydroxylation sites is 2. The zero-order valence-electron chi connectivity index (χ0n) is 32.0. The Kier molecular flexibility index (Phi) is 9.27. The molecule has 0 aliphatic carbocycles. The molecule has 0 fully saturated rings. The van der Waals surface area contributed by atoms with Crippen molar-refractivity contribution in [3.63, 3.8) is 0 Å². The summed E-state index contributed by atoms with van der Waals surface area (Å²) < 4.78 is 0. The molecule has 2 nitrogen and oxygen atoms in total. The van der Waals surface area contributed by atoms with Gasteiger partial charge in [0.1, 0.15) is 0 Å². The third-order valence-electron chi connectivity index (χ3n) is 11.0. The first kappa shape index (κ1) is 34.8. The van der Waals surface area contributed by atoms with Crippen LogP contribution in [0, 0.1) is 0 Å². The Balaban J connectivity index is 1.18. The zero-order chi connectivity index (χ0) is 38.7. The van der Waals surface area contributed by atoms with Gasteiger partial charge in [-0.15, -0.1) is 0 Å². The van der Waals surface area contributed by atoms with Crippen LogP contribution < -0.4 is 9.80 Å². The smallest absolute Gasteiger partial charge is 0.0546 e. The third-order valence-corrected chi connectivity index (χ3v) is 11.0. The first-order valence-corrected chi connectivity index (χ1v) is 19.8. The molecule has 0 aromatic heterocycles. The minimum Gasteiger partial charge on any atom is -0.310 e. The highest BCUT2D eigenvalue weighted by molar-refractivity contribution is 6.03. The Morgan fingerprint density at radius 2 is 0.621 bits per heavy atom. The summed E-state index contributed by atoms with van der Waals surface area (Å²) in [4.78, 5) is 4.75. The topological polar surface area (TPSA) is 6.48 Å². The molecule has 0 amide bonds. The minimum atomic E-state index is 1.10. The molecule has 0 N–H and O–H groups in total. The van der Waals surface area contributed by atoms with Gasteiger partial charge < -0.3 is 9.80 Å². The van der Waals surface area contributed by atoms with Crippen LogP contribution in [0.2, 0.25) is 0 Å². The van der Waals surface area contributed by atoms with Crippen molar-refractivity contribution in [2.45, 2.75) is 0 Å². The van der Waals surface area contributed by atoms with E-state index < -0.39 is 0 Å². The van der Waals surface area contributed by atoms with Crippen LogP contribution in [-0.2, 0) is 0 Å². The van der Waals surface area contributed by atoms with Crippen molar-refractivity contribution in [1.29, 1.82) is 0 Å². The monoisotopic (exact) mass is 740 g/mol.